The third-order valence-corrected chi connectivity index (χ3v) is 2.14. The summed E-state index contributed by atoms with van der Waals surface area (Å²) in [6, 6.07) is 3.46. The number of amides is 1. The maximum Gasteiger partial charge on any atom is 0.263 e. The second-order valence-corrected chi connectivity index (χ2v) is 3.56. The lowest BCUT2D eigenvalue weighted by Crippen LogP contribution is -2.26. The molecule has 0 radical (unpaired) electrons. The third-order valence-electron chi connectivity index (χ3n) is 1.87. The van der Waals surface area contributed by atoms with Crippen molar-refractivity contribution in [3.8, 4) is 6.07 Å². The molecule has 1 amide bonds. The fraction of sp³-hybridized carbons (Fsp3) is 0.273. The van der Waals surface area contributed by atoms with Crippen LogP contribution in [0.3, 0.4) is 0 Å². The molecule has 0 atom stereocenters. The van der Waals surface area contributed by atoms with E-state index >= 15 is 0 Å². The van der Waals surface area contributed by atoms with Crippen LogP contribution in [-0.4, -0.2) is 28.3 Å². The SMILES string of the molecule is N#C/C(=C/Nc1ncccn1)C(=O)NCCCCl. The first-order chi connectivity index (χ1) is 8.77. The summed E-state index contributed by atoms with van der Waals surface area (Å²) in [5.41, 5.74) is -0.0444. The Morgan fingerprint density at radius 1 is 1.50 bits per heavy atom. The highest BCUT2D eigenvalue weighted by molar-refractivity contribution is 6.17. The van der Waals surface area contributed by atoms with E-state index in [1.807, 2.05) is 0 Å². The van der Waals surface area contributed by atoms with Crippen LogP contribution >= 0.6 is 11.6 Å². The number of nitrogens with one attached hydrogen (secondary N) is 2. The maximum absolute atomic E-state index is 11.5. The number of halogens is 1. The van der Waals surface area contributed by atoms with Gasteiger partial charge in [-0.05, 0) is 12.5 Å². The van der Waals surface area contributed by atoms with Crippen molar-refractivity contribution in [2.45, 2.75) is 6.42 Å². The summed E-state index contributed by atoms with van der Waals surface area (Å²) in [5, 5.41) is 14.1. The summed E-state index contributed by atoms with van der Waals surface area (Å²) in [5.74, 6) is 0.326. The van der Waals surface area contributed by atoms with Crippen LogP contribution in [0.25, 0.3) is 0 Å². The molecule has 0 aliphatic heterocycles. The van der Waals surface area contributed by atoms with Gasteiger partial charge in [0.25, 0.3) is 5.91 Å². The number of hydrogen-bond donors (Lipinski definition) is 2. The minimum Gasteiger partial charge on any atom is -0.351 e. The van der Waals surface area contributed by atoms with Crippen LogP contribution in [-0.2, 0) is 4.79 Å². The normalized spacial score (nSPS) is 10.6. The maximum atomic E-state index is 11.5. The zero-order chi connectivity index (χ0) is 13.2. The minimum atomic E-state index is -0.453. The standard InChI is InChI=1S/C11H12ClN5O/c12-3-1-4-14-10(18)9(7-13)8-17-11-15-5-2-6-16-11/h2,5-6,8H,1,3-4H2,(H,14,18)(H,15,16,17)/b9-8-. The number of hydrogen-bond acceptors (Lipinski definition) is 5. The van der Waals surface area contributed by atoms with Crippen LogP contribution in [0.2, 0.25) is 0 Å². The van der Waals surface area contributed by atoms with E-state index in [9.17, 15) is 4.79 Å². The van der Waals surface area contributed by atoms with Crippen molar-refractivity contribution < 1.29 is 4.79 Å². The highest BCUT2D eigenvalue weighted by Crippen LogP contribution is 1.98. The third kappa shape index (κ3) is 4.80. The van der Waals surface area contributed by atoms with Gasteiger partial charge in [0.1, 0.15) is 11.6 Å². The minimum absolute atomic E-state index is 0.0444. The van der Waals surface area contributed by atoms with Crippen LogP contribution in [0.1, 0.15) is 6.42 Å². The van der Waals surface area contributed by atoms with Gasteiger partial charge in [0.2, 0.25) is 5.95 Å². The highest BCUT2D eigenvalue weighted by atomic mass is 35.5. The first-order valence-electron chi connectivity index (χ1n) is 5.26. The molecule has 0 aromatic carbocycles. The first kappa shape index (κ1) is 13.9. The fourth-order valence-electron chi connectivity index (χ4n) is 1.02. The monoisotopic (exact) mass is 265 g/mol. The zero-order valence-electron chi connectivity index (χ0n) is 9.56. The molecule has 0 aliphatic rings. The van der Waals surface area contributed by atoms with Gasteiger partial charge in [0, 0.05) is 31.0 Å². The Morgan fingerprint density at radius 3 is 2.83 bits per heavy atom. The molecule has 0 spiro atoms. The number of carbonyl (C=O) groups excluding carboxylic acids is 1. The Hall–Kier alpha value is -2.13. The van der Waals surface area contributed by atoms with Crippen LogP contribution < -0.4 is 10.6 Å². The summed E-state index contributed by atoms with van der Waals surface area (Å²) in [7, 11) is 0. The number of carbonyl (C=O) groups is 1. The number of aromatic nitrogens is 2. The van der Waals surface area contributed by atoms with Crippen molar-refractivity contribution in [3.63, 3.8) is 0 Å². The van der Waals surface area contributed by atoms with Crippen molar-refractivity contribution in [1.82, 2.24) is 15.3 Å². The Labute approximate surface area is 110 Å². The second-order valence-electron chi connectivity index (χ2n) is 3.18. The molecule has 0 unspecified atom stereocenters. The number of alkyl halides is 1. The molecule has 1 aromatic heterocycles. The first-order valence-corrected chi connectivity index (χ1v) is 5.79. The van der Waals surface area contributed by atoms with Gasteiger partial charge in [-0.15, -0.1) is 11.6 Å². The van der Waals surface area contributed by atoms with Crippen LogP contribution in [0.5, 0.6) is 0 Å². The lowest BCUT2D eigenvalue weighted by molar-refractivity contribution is -0.117. The van der Waals surface area contributed by atoms with Gasteiger partial charge in [-0.25, -0.2) is 9.97 Å². The lowest BCUT2D eigenvalue weighted by atomic mass is 10.3. The summed E-state index contributed by atoms with van der Waals surface area (Å²) in [4.78, 5) is 19.3. The van der Waals surface area contributed by atoms with Crippen molar-refractivity contribution in [2.24, 2.45) is 0 Å². The van der Waals surface area contributed by atoms with E-state index in [1.54, 1.807) is 24.5 Å². The van der Waals surface area contributed by atoms with Crippen LogP contribution in [0.15, 0.2) is 30.2 Å². The predicted octanol–water partition coefficient (Wildman–Crippen LogP) is 1.04. The molecule has 18 heavy (non-hydrogen) atoms. The molecule has 2 N–H and O–H groups in total. The van der Waals surface area contributed by atoms with Crippen molar-refractivity contribution in [2.75, 3.05) is 17.7 Å². The zero-order valence-corrected chi connectivity index (χ0v) is 10.3. The Bertz CT molecular complexity index is 454. The van der Waals surface area contributed by atoms with Gasteiger partial charge >= 0.3 is 0 Å². The summed E-state index contributed by atoms with van der Waals surface area (Å²) < 4.78 is 0. The van der Waals surface area contributed by atoms with Crippen molar-refractivity contribution >= 4 is 23.5 Å². The molecule has 1 rings (SSSR count). The van der Waals surface area contributed by atoms with Gasteiger partial charge < -0.3 is 10.6 Å². The van der Waals surface area contributed by atoms with Crippen LogP contribution in [0, 0.1) is 11.3 Å². The number of anilines is 1. The Morgan fingerprint density at radius 2 is 2.22 bits per heavy atom. The van der Waals surface area contributed by atoms with Gasteiger partial charge in [-0.1, -0.05) is 0 Å². The van der Waals surface area contributed by atoms with E-state index in [4.69, 9.17) is 16.9 Å². The smallest absolute Gasteiger partial charge is 0.263 e. The van der Waals surface area contributed by atoms with E-state index in [-0.39, 0.29) is 5.57 Å². The van der Waals surface area contributed by atoms with Crippen LogP contribution in [0.4, 0.5) is 5.95 Å². The molecule has 0 aliphatic carbocycles. The number of rotatable bonds is 6. The van der Waals surface area contributed by atoms with E-state index in [0.29, 0.717) is 24.8 Å². The molecule has 7 heteroatoms. The number of nitrogens with zero attached hydrogens (tertiary/aromatic N) is 3. The Kier molecular flexibility index (Phi) is 6.22. The molecular weight excluding hydrogens is 254 g/mol. The van der Waals surface area contributed by atoms with E-state index in [1.165, 1.54) is 6.20 Å². The van der Waals surface area contributed by atoms with Crippen molar-refractivity contribution in [1.29, 1.82) is 5.26 Å². The van der Waals surface area contributed by atoms with E-state index in [0.717, 1.165) is 0 Å². The summed E-state index contributed by atoms with van der Waals surface area (Å²) in [6.45, 7) is 0.434. The topological polar surface area (TPSA) is 90.7 Å². The van der Waals surface area contributed by atoms with E-state index < -0.39 is 5.91 Å². The summed E-state index contributed by atoms with van der Waals surface area (Å²) in [6.07, 6.45) is 5.03. The molecule has 0 bridgehead atoms. The van der Waals surface area contributed by atoms with E-state index in [2.05, 4.69) is 20.6 Å². The van der Waals surface area contributed by atoms with Gasteiger partial charge in [0.15, 0.2) is 0 Å². The molecule has 94 valence electrons. The molecule has 6 nitrogen and oxygen atoms in total. The average molecular weight is 266 g/mol. The second kappa shape index (κ2) is 8.03. The van der Waals surface area contributed by atoms with Gasteiger partial charge in [-0.3, -0.25) is 4.79 Å². The quantitative estimate of drug-likeness (QED) is 0.347. The summed E-state index contributed by atoms with van der Waals surface area (Å²) >= 11 is 5.48. The van der Waals surface area contributed by atoms with Gasteiger partial charge in [0.05, 0.1) is 0 Å². The fourth-order valence-corrected chi connectivity index (χ4v) is 1.16. The molecule has 1 aromatic rings. The largest absolute Gasteiger partial charge is 0.351 e. The lowest BCUT2D eigenvalue weighted by Gasteiger charge is -2.02. The van der Waals surface area contributed by atoms with Gasteiger partial charge in [-0.2, -0.15) is 5.26 Å². The highest BCUT2D eigenvalue weighted by Gasteiger charge is 2.07. The molecule has 0 fully saturated rings. The number of nitriles is 1. The molecular formula is C11H12ClN5O. The average Bonchev–Trinajstić information content (AvgIpc) is 2.41. The molecule has 0 saturated heterocycles. The Balaban J connectivity index is 2.55. The molecule has 1 heterocycles. The molecule has 0 saturated carbocycles. The predicted molar refractivity (Wildman–Crippen MR) is 67.7 cm³/mol. The van der Waals surface area contributed by atoms with Crippen molar-refractivity contribution in [3.05, 3.63) is 30.2 Å².